The van der Waals surface area contributed by atoms with Gasteiger partial charge in [0.1, 0.15) is 5.75 Å². The van der Waals surface area contributed by atoms with Gasteiger partial charge < -0.3 is 10.4 Å². The molecule has 2 heteroatoms. The quantitative estimate of drug-likeness (QED) is 0.589. The molecule has 0 aliphatic heterocycles. The highest BCUT2D eigenvalue weighted by Crippen LogP contribution is 2.21. The van der Waals surface area contributed by atoms with Crippen LogP contribution in [0.15, 0.2) is 24.3 Å². The minimum absolute atomic E-state index is 0.390. The van der Waals surface area contributed by atoms with E-state index in [4.69, 9.17) is 0 Å². The number of phenols is 1. The number of aryl methyl sites for hydroxylation is 2. The SMILES string of the molecule is C/C=C/CCNCc1cc(C)c(C)cc1O. The van der Waals surface area contributed by atoms with Crippen LogP contribution in [0.4, 0.5) is 0 Å². The molecule has 0 aromatic heterocycles. The average molecular weight is 219 g/mol. The van der Waals surface area contributed by atoms with E-state index in [1.165, 1.54) is 5.56 Å². The van der Waals surface area contributed by atoms with Crippen molar-refractivity contribution in [2.75, 3.05) is 6.54 Å². The van der Waals surface area contributed by atoms with Crippen LogP contribution in [-0.4, -0.2) is 11.7 Å². The maximum absolute atomic E-state index is 9.76. The standard InChI is InChI=1S/C14H21NO/c1-4-5-6-7-15-10-13-8-11(2)12(3)9-14(13)16/h4-5,8-9,15-16H,6-7,10H2,1-3H3/b5-4+. The van der Waals surface area contributed by atoms with Gasteiger partial charge in [-0.05, 0) is 50.9 Å². The molecule has 0 unspecified atom stereocenters. The van der Waals surface area contributed by atoms with E-state index in [-0.39, 0.29) is 0 Å². The molecular weight excluding hydrogens is 198 g/mol. The number of benzene rings is 1. The summed E-state index contributed by atoms with van der Waals surface area (Å²) < 4.78 is 0. The van der Waals surface area contributed by atoms with Crippen LogP contribution >= 0.6 is 0 Å². The van der Waals surface area contributed by atoms with Crippen LogP contribution in [0.25, 0.3) is 0 Å². The second kappa shape index (κ2) is 6.33. The average Bonchev–Trinajstić information content (AvgIpc) is 2.25. The van der Waals surface area contributed by atoms with Gasteiger partial charge in [-0.1, -0.05) is 18.2 Å². The van der Waals surface area contributed by atoms with Crippen molar-refractivity contribution in [3.63, 3.8) is 0 Å². The summed E-state index contributed by atoms with van der Waals surface area (Å²) in [5, 5.41) is 13.1. The zero-order valence-electron chi connectivity index (χ0n) is 10.4. The predicted octanol–water partition coefficient (Wildman–Crippen LogP) is 3.06. The Hall–Kier alpha value is -1.28. The molecule has 0 fully saturated rings. The number of allylic oxidation sites excluding steroid dienone is 1. The smallest absolute Gasteiger partial charge is 0.120 e. The topological polar surface area (TPSA) is 32.3 Å². The van der Waals surface area contributed by atoms with E-state index in [1.807, 2.05) is 26.0 Å². The molecule has 2 N–H and O–H groups in total. The minimum atomic E-state index is 0.390. The Labute approximate surface area is 98.0 Å². The lowest BCUT2D eigenvalue weighted by molar-refractivity contribution is 0.464. The van der Waals surface area contributed by atoms with Crippen LogP contribution in [0.1, 0.15) is 30.0 Å². The van der Waals surface area contributed by atoms with Gasteiger partial charge in [-0.2, -0.15) is 0 Å². The van der Waals surface area contributed by atoms with E-state index < -0.39 is 0 Å². The number of hydrogen-bond acceptors (Lipinski definition) is 2. The molecule has 1 rings (SSSR count). The number of rotatable bonds is 5. The highest BCUT2D eigenvalue weighted by Gasteiger charge is 2.03. The van der Waals surface area contributed by atoms with E-state index >= 15 is 0 Å². The molecule has 0 saturated carbocycles. The lowest BCUT2D eigenvalue weighted by Gasteiger charge is -2.09. The van der Waals surface area contributed by atoms with Gasteiger partial charge in [0.2, 0.25) is 0 Å². The first-order chi connectivity index (χ1) is 7.65. The second-order valence-electron chi connectivity index (χ2n) is 4.10. The zero-order valence-corrected chi connectivity index (χ0v) is 10.4. The van der Waals surface area contributed by atoms with Gasteiger partial charge in [-0.3, -0.25) is 0 Å². The molecule has 1 aromatic rings. The van der Waals surface area contributed by atoms with E-state index in [0.29, 0.717) is 5.75 Å². The van der Waals surface area contributed by atoms with E-state index in [2.05, 4.69) is 24.4 Å². The van der Waals surface area contributed by atoms with Crippen LogP contribution < -0.4 is 5.32 Å². The molecule has 0 aliphatic rings. The first-order valence-corrected chi connectivity index (χ1v) is 5.76. The molecule has 0 aliphatic carbocycles. The van der Waals surface area contributed by atoms with Gasteiger partial charge in [0, 0.05) is 12.1 Å². The lowest BCUT2D eigenvalue weighted by Crippen LogP contribution is -2.14. The molecule has 88 valence electrons. The van der Waals surface area contributed by atoms with Gasteiger partial charge in [0.25, 0.3) is 0 Å². The largest absolute Gasteiger partial charge is 0.508 e. The van der Waals surface area contributed by atoms with Crippen LogP contribution in [0.2, 0.25) is 0 Å². The fourth-order valence-corrected chi connectivity index (χ4v) is 1.58. The van der Waals surface area contributed by atoms with Crippen molar-refractivity contribution in [3.05, 3.63) is 41.0 Å². The summed E-state index contributed by atoms with van der Waals surface area (Å²) in [6.45, 7) is 7.77. The monoisotopic (exact) mass is 219 g/mol. The Morgan fingerprint density at radius 1 is 1.25 bits per heavy atom. The van der Waals surface area contributed by atoms with Crippen molar-refractivity contribution in [2.24, 2.45) is 0 Å². The summed E-state index contributed by atoms with van der Waals surface area (Å²) in [6.07, 6.45) is 5.21. The van der Waals surface area contributed by atoms with Gasteiger partial charge in [-0.15, -0.1) is 0 Å². The fraction of sp³-hybridized carbons (Fsp3) is 0.429. The highest BCUT2D eigenvalue weighted by molar-refractivity contribution is 5.40. The Morgan fingerprint density at radius 3 is 2.62 bits per heavy atom. The third kappa shape index (κ3) is 3.70. The summed E-state index contributed by atoms with van der Waals surface area (Å²) in [7, 11) is 0. The van der Waals surface area contributed by atoms with E-state index in [1.54, 1.807) is 0 Å². The van der Waals surface area contributed by atoms with Crippen LogP contribution in [-0.2, 0) is 6.54 Å². The number of aromatic hydroxyl groups is 1. The van der Waals surface area contributed by atoms with Crippen molar-refractivity contribution in [3.8, 4) is 5.75 Å². The molecule has 2 nitrogen and oxygen atoms in total. The summed E-state index contributed by atoms with van der Waals surface area (Å²) in [4.78, 5) is 0. The molecular formula is C14H21NO. The van der Waals surface area contributed by atoms with Crippen molar-refractivity contribution in [1.29, 1.82) is 0 Å². The predicted molar refractivity (Wildman–Crippen MR) is 68.7 cm³/mol. The van der Waals surface area contributed by atoms with Crippen LogP contribution in [0, 0.1) is 13.8 Å². The molecule has 0 spiro atoms. The molecule has 0 saturated heterocycles. The third-order valence-corrected chi connectivity index (χ3v) is 2.73. The van der Waals surface area contributed by atoms with Gasteiger partial charge in [0.05, 0.1) is 0 Å². The normalized spacial score (nSPS) is 11.2. The molecule has 0 atom stereocenters. The zero-order chi connectivity index (χ0) is 12.0. The van der Waals surface area contributed by atoms with Gasteiger partial charge in [0.15, 0.2) is 0 Å². The molecule has 0 amide bonds. The van der Waals surface area contributed by atoms with Crippen molar-refractivity contribution in [1.82, 2.24) is 5.32 Å². The Kier molecular flexibility index (Phi) is 5.06. The van der Waals surface area contributed by atoms with E-state index in [9.17, 15) is 5.11 Å². The molecule has 0 radical (unpaired) electrons. The van der Waals surface area contributed by atoms with Crippen LogP contribution in [0.3, 0.4) is 0 Å². The Balaban J connectivity index is 2.51. The summed E-state index contributed by atoms with van der Waals surface area (Å²) in [5.74, 6) is 0.390. The first-order valence-electron chi connectivity index (χ1n) is 5.76. The third-order valence-electron chi connectivity index (χ3n) is 2.73. The number of nitrogens with one attached hydrogen (secondary N) is 1. The lowest BCUT2D eigenvalue weighted by atomic mass is 10.1. The van der Waals surface area contributed by atoms with Gasteiger partial charge >= 0.3 is 0 Å². The highest BCUT2D eigenvalue weighted by atomic mass is 16.3. The fourth-order valence-electron chi connectivity index (χ4n) is 1.58. The summed E-state index contributed by atoms with van der Waals surface area (Å²) in [6, 6.07) is 3.88. The number of hydrogen-bond donors (Lipinski definition) is 2. The van der Waals surface area contributed by atoms with Crippen molar-refractivity contribution >= 4 is 0 Å². The maximum atomic E-state index is 9.76. The van der Waals surface area contributed by atoms with E-state index in [0.717, 1.165) is 30.6 Å². The van der Waals surface area contributed by atoms with Crippen molar-refractivity contribution in [2.45, 2.75) is 33.7 Å². The second-order valence-corrected chi connectivity index (χ2v) is 4.10. The van der Waals surface area contributed by atoms with Gasteiger partial charge in [-0.25, -0.2) is 0 Å². The summed E-state index contributed by atoms with van der Waals surface area (Å²) >= 11 is 0. The van der Waals surface area contributed by atoms with Crippen molar-refractivity contribution < 1.29 is 5.11 Å². The number of phenolic OH excluding ortho intramolecular Hbond substituents is 1. The maximum Gasteiger partial charge on any atom is 0.120 e. The molecule has 0 heterocycles. The first kappa shape index (κ1) is 12.8. The molecule has 0 bridgehead atoms. The minimum Gasteiger partial charge on any atom is -0.508 e. The Bertz CT molecular complexity index is 369. The molecule has 16 heavy (non-hydrogen) atoms. The Morgan fingerprint density at radius 2 is 1.94 bits per heavy atom. The molecule has 1 aromatic carbocycles. The van der Waals surface area contributed by atoms with Crippen LogP contribution in [0.5, 0.6) is 5.75 Å². The summed E-state index contributed by atoms with van der Waals surface area (Å²) in [5.41, 5.74) is 3.33.